The number of pyridine rings is 1. The summed E-state index contributed by atoms with van der Waals surface area (Å²) in [5.41, 5.74) is 4.36. The first-order valence-electron chi connectivity index (χ1n) is 10.5. The lowest BCUT2D eigenvalue weighted by Crippen LogP contribution is -2.19. The van der Waals surface area contributed by atoms with Gasteiger partial charge in [-0.05, 0) is 48.9 Å². The Morgan fingerprint density at radius 2 is 1.76 bits per heavy atom. The van der Waals surface area contributed by atoms with Gasteiger partial charge in [0.2, 0.25) is 0 Å². The van der Waals surface area contributed by atoms with E-state index in [2.05, 4.69) is 32.3 Å². The van der Waals surface area contributed by atoms with Gasteiger partial charge in [-0.3, -0.25) is 9.48 Å². The van der Waals surface area contributed by atoms with E-state index in [0.717, 1.165) is 27.6 Å². The largest absolute Gasteiger partial charge is 0.305 e. The Hall–Kier alpha value is -4.41. The summed E-state index contributed by atoms with van der Waals surface area (Å²) in [6.45, 7) is 1.87. The van der Waals surface area contributed by atoms with Crippen LogP contribution in [-0.4, -0.2) is 30.5 Å². The van der Waals surface area contributed by atoms with Crippen LogP contribution in [0.2, 0.25) is 5.02 Å². The minimum Gasteiger partial charge on any atom is -0.305 e. The summed E-state index contributed by atoms with van der Waals surface area (Å²) >= 11 is 6.34. The molecule has 0 atom stereocenters. The van der Waals surface area contributed by atoms with Crippen molar-refractivity contribution in [3.63, 3.8) is 0 Å². The van der Waals surface area contributed by atoms with Gasteiger partial charge in [-0.25, -0.2) is 9.67 Å². The molecule has 0 saturated carbocycles. The first-order chi connectivity index (χ1) is 16.5. The third kappa shape index (κ3) is 4.15. The van der Waals surface area contributed by atoms with Gasteiger partial charge in [-0.2, -0.15) is 10.2 Å². The van der Waals surface area contributed by atoms with Gasteiger partial charge in [0.05, 0.1) is 28.6 Å². The number of amides is 1. The molecule has 1 amide bonds. The summed E-state index contributed by atoms with van der Waals surface area (Å²) < 4.78 is 3.30. The highest BCUT2D eigenvalue weighted by Gasteiger charge is 2.20. The number of fused-ring (bicyclic) bond motifs is 1. The van der Waals surface area contributed by atoms with Gasteiger partial charge in [0.15, 0.2) is 5.69 Å². The molecule has 34 heavy (non-hydrogen) atoms. The lowest BCUT2D eigenvalue weighted by Gasteiger charge is -2.10. The number of hydrogen-bond donors (Lipinski definition) is 1. The van der Waals surface area contributed by atoms with E-state index in [1.807, 2.05) is 68.6 Å². The Bertz CT molecular complexity index is 1590. The highest BCUT2D eigenvalue weighted by molar-refractivity contribution is 6.34. The molecule has 0 spiro atoms. The molecule has 5 aromatic rings. The molecule has 0 aliphatic carbocycles. The monoisotopic (exact) mass is 466 g/mol. The van der Waals surface area contributed by atoms with Crippen molar-refractivity contribution in [2.24, 2.45) is 7.05 Å². The molecule has 3 heterocycles. The molecular formula is C26H19ClN6O. The van der Waals surface area contributed by atoms with Crippen LogP contribution in [0.25, 0.3) is 16.6 Å². The van der Waals surface area contributed by atoms with E-state index in [-0.39, 0.29) is 10.7 Å². The van der Waals surface area contributed by atoms with E-state index < -0.39 is 5.91 Å². The van der Waals surface area contributed by atoms with Crippen molar-refractivity contribution >= 4 is 34.2 Å². The molecule has 1 N–H and O–H groups in total. The van der Waals surface area contributed by atoms with Crippen LogP contribution in [0.15, 0.2) is 73.2 Å². The molecule has 0 saturated heterocycles. The highest BCUT2D eigenvalue weighted by Crippen LogP contribution is 2.24. The Kier molecular flexibility index (Phi) is 5.58. The molecule has 0 unspecified atom stereocenters. The van der Waals surface area contributed by atoms with Gasteiger partial charge < -0.3 is 5.32 Å². The van der Waals surface area contributed by atoms with E-state index in [1.54, 1.807) is 17.1 Å². The van der Waals surface area contributed by atoms with Gasteiger partial charge in [0.25, 0.3) is 5.91 Å². The van der Waals surface area contributed by atoms with Gasteiger partial charge in [0.1, 0.15) is 5.82 Å². The van der Waals surface area contributed by atoms with Crippen molar-refractivity contribution in [3.8, 4) is 17.5 Å². The van der Waals surface area contributed by atoms with Crippen LogP contribution in [0.4, 0.5) is 5.82 Å². The van der Waals surface area contributed by atoms with Crippen LogP contribution >= 0.6 is 11.6 Å². The zero-order valence-corrected chi connectivity index (χ0v) is 19.2. The second-order valence-electron chi connectivity index (χ2n) is 7.72. The van der Waals surface area contributed by atoms with Crippen LogP contribution < -0.4 is 5.32 Å². The lowest BCUT2D eigenvalue weighted by atomic mass is 10.1. The molecule has 0 bridgehead atoms. The van der Waals surface area contributed by atoms with Crippen molar-refractivity contribution in [2.75, 3.05) is 5.32 Å². The Labute approximate surface area is 201 Å². The van der Waals surface area contributed by atoms with Gasteiger partial charge in [-0.15, -0.1) is 0 Å². The topological polar surface area (TPSA) is 77.6 Å². The zero-order chi connectivity index (χ0) is 23.7. The number of nitrogens with zero attached hydrogens (tertiary/aromatic N) is 5. The number of anilines is 1. The molecule has 8 heteroatoms. The number of aryl methyl sites for hydroxylation is 2. The average Bonchev–Trinajstić information content (AvgIpc) is 3.42. The fraction of sp³-hybridized carbons (Fsp3) is 0.0769. The van der Waals surface area contributed by atoms with Gasteiger partial charge in [0, 0.05) is 29.8 Å². The summed E-state index contributed by atoms with van der Waals surface area (Å²) in [6, 6.07) is 17.3. The number of carbonyl (C=O) groups excluding carboxylic acids is 1. The van der Waals surface area contributed by atoms with Crippen LogP contribution in [0.5, 0.6) is 0 Å². The molecular weight excluding hydrogens is 448 g/mol. The van der Waals surface area contributed by atoms with Gasteiger partial charge >= 0.3 is 0 Å². The predicted octanol–water partition coefficient (Wildman–Crippen LogP) is 4.77. The van der Waals surface area contributed by atoms with Crippen molar-refractivity contribution in [1.29, 1.82) is 0 Å². The number of rotatable bonds is 3. The van der Waals surface area contributed by atoms with Crippen LogP contribution in [-0.2, 0) is 7.05 Å². The summed E-state index contributed by atoms with van der Waals surface area (Å²) in [5.74, 6) is 6.23. The van der Waals surface area contributed by atoms with Crippen molar-refractivity contribution < 1.29 is 4.79 Å². The van der Waals surface area contributed by atoms with E-state index >= 15 is 0 Å². The van der Waals surface area contributed by atoms with E-state index in [1.165, 1.54) is 10.9 Å². The Morgan fingerprint density at radius 1 is 0.971 bits per heavy atom. The smallest absolute Gasteiger partial charge is 0.277 e. The van der Waals surface area contributed by atoms with Crippen molar-refractivity contribution in [2.45, 2.75) is 6.92 Å². The minimum absolute atomic E-state index is 0.221. The fourth-order valence-corrected chi connectivity index (χ4v) is 3.83. The normalized spacial score (nSPS) is 10.7. The van der Waals surface area contributed by atoms with Crippen LogP contribution in [0, 0.1) is 18.8 Å². The maximum absolute atomic E-state index is 13.2. The highest BCUT2D eigenvalue weighted by atomic mass is 35.5. The first kappa shape index (κ1) is 21.4. The first-order valence-corrected chi connectivity index (χ1v) is 10.9. The van der Waals surface area contributed by atoms with Crippen molar-refractivity contribution in [1.82, 2.24) is 24.5 Å². The second kappa shape index (κ2) is 8.85. The number of nitrogens with one attached hydrogen (secondary N) is 1. The third-order valence-electron chi connectivity index (χ3n) is 5.35. The third-order valence-corrected chi connectivity index (χ3v) is 5.63. The molecule has 0 fully saturated rings. The Morgan fingerprint density at radius 3 is 2.56 bits per heavy atom. The number of aromatic nitrogens is 5. The molecule has 0 aliphatic heterocycles. The average molecular weight is 467 g/mol. The standard InChI is InChI=1S/C26H19ClN6O/c1-17-12-19(9-8-18-6-4-3-5-7-18)14-28-25(17)31-26(34)24-22(27)16-30-33(24)21-10-11-23-20(13-21)15-29-32(23)2/h3-7,10-16H,1-2H3,(H,28,31,34). The molecule has 0 aliphatic rings. The van der Waals surface area contributed by atoms with Crippen LogP contribution in [0.3, 0.4) is 0 Å². The predicted molar refractivity (Wildman–Crippen MR) is 132 cm³/mol. The molecule has 166 valence electrons. The number of carbonyl (C=O) groups is 1. The van der Waals surface area contributed by atoms with E-state index in [4.69, 9.17) is 11.6 Å². The van der Waals surface area contributed by atoms with E-state index in [9.17, 15) is 4.79 Å². The van der Waals surface area contributed by atoms with Gasteiger partial charge in [-0.1, -0.05) is 41.6 Å². The van der Waals surface area contributed by atoms with Crippen LogP contribution in [0.1, 0.15) is 27.2 Å². The lowest BCUT2D eigenvalue weighted by molar-refractivity contribution is 0.101. The molecule has 3 aromatic heterocycles. The zero-order valence-electron chi connectivity index (χ0n) is 18.5. The van der Waals surface area contributed by atoms with E-state index in [0.29, 0.717) is 11.5 Å². The molecule has 2 aromatic carbocycles. The number of halogens is 1. The summed E-state index contributed by atoms with van der Waals surface area (Å²) in [6.07, 6.45) is 4.85. The van der Waals surface area contributed by atoms with Crippen molar-refractivity contribution in [3.05, 3.63) is 101 Å². The Balaban J connectivity index is 1.40. The SMILES string of the molecule is Cc1cc(C#Cc2ccccc2)cnc1NC(=O)c1c(Cl)cnn1-c1ccc2c(cnn2C)c1. The quantitative estimate of drug-likeness (QED) is 0.388. The maximum atomic E-state index is 13.2. The minimum atomic E-state index is -0.410. The fourth-order valence-electron chi connectivity index (χ4n) is 3.62. The summed E-state index contributed by atoms with van der Waals surface area (Å²) in [5, 5.41) is 12.6. The number of benzene rings is 2. The molecule has 0 radical (unpaired) electrons. The second-order valence-corrected chi connectivity index (χ2v) is 8.13. The molecule has 7 nitrogen and oxygen atoms in total. The maximum Gasteiger partial charge on any atom is 0.277 e. The number of hydrogen-bond acceptors (Lipinski definition) is 4. The summed E-state index contributed by atoms with van der Waals surface area (Å²) in [4.78, 5) is 17.6. The molecule has 5 rings (SSSR count). The summed E-state index contributed by atoms with van der Waals surface area (Å²) in [7, 11) is 1.87.